The van der Waals surface area contributed by atoms with Crippen molar-refractivity contribution in [2.75, 3.05) is 11.5 Å². The van der Waals surface area contributed by atoms with E-state index in [9.17, 15) is 4.21 Å². The van der Waals surface area contributed by atoms with Gasteiger partial charge < -0.3 is 5.73 Å². The lowest BCUT2D eigenvalue weighted by molar-refractivity contribution is 0.622. The Labute approximate surface area is 113 Å². The Morgan fingerprint density at radius 2 is 1.78 bits per heavy atom. The fourth-order valence-corrected chi connectivity index (χ4v) is 3.38. The molecule has 1 aromatic rings. The van der Waals surface area contributed by atoms with Crippen LogP contribution >= 0.6 is 0 Å². The molecule has 2 N–H and O–H groups in total. The molecule has 102 valence electrons. The van der Waals surface area contributed by atoms with Crippen LogP contribution in [0.2, 0.25) is 0 Å². The SMILES string of the molecule is CCCCCCCCS(=O)c1ccc(N)cc1C. The lowest BCUT2D eigenvalue weighted by Gasteiger charge is -2.06. The molecular formula is C15H25NOS. The first-order chi connectivity index (χ1) is 8.65. The van der Waals surface area contributed by atoms with Crippen molar-refractivity contribution in [1.29, 1.82) is 0 Å². The van der Waals surface area contributed by atoms with Gasteiger partial charge in [0.2, 0.25) is 0 Å². The van der Waals surface area contributed by atoms with Gasteiger partial charge in [-0.15, -0.1) is 0 Å². The van der Waals surface area contributed by atoms with E-state index in [4.69, 9.17) is 5.73 Å². The molecule has 0 spiro atoms. The average Bonchev–Trinajstić information content (AvgIpc) is 2.33. The van der Waals surface area contributed by atoms with Gasteiger partial charge in [-0.1, -0.05) is 39.0 Å². The highest BCUT2D eigenvalue weighted by atomic mass is 32.2. The van der Waals surface area contributed by atoms with Crippen LogP contribution in [0.15, 0.2) is 23.1 Å². The molecule has 1 unspecified atom stereocenters. The number of nitrogens with two attached hydrogens (primary N) is 1. The topological polar surface area (TPSA) is 43.1 Å². The van der Waals surface area contributed by atoms with Crippen molar-refractivity contribution >= 4 is 16.5 Å². The molecular weight excluding hydrogens is 242 g/mol. The number of hydrogen-bond acceptors (Lipinski definition) is 2. The molecule has 0 saturated carbocycles. The van der Waals surface area contributed by atoms with E-state index in [1.165, 1.54) is 32.1 Å². The molecule has 18 heavy (non-hydrogen) atoms. The molecule has 0 saturated heterocycles. The number of benzene rings is 1. The van der Waals surface area contributed by atoms with E-state index in [-0.39, 0.29) is 0 Å². The molecule has 0 fully saturated rings. The first kappa shape index (κ1) is 15.2. The molecule has 0 heterocycles. The monoisotopic (exact) mass is 267 g/mol. The number of aryl methyl sites for hydroxylation is 1. The van der Waals surface area contributed by atoms with Crippen LogP contribution in [0.5, 0.6) is 0 Å². The van der Waals surface area contributed by atoms with Crippen LogP contribution in [0.3, 0.4) is 0 Å². The van der Waals surface area contributed by atoms with Crippen molar-refractivity contribution in [3.63, 3.8) is 0 Å². The Morgan fingerprint density at radius 1 is 1.11 bits per heavy atom. The third-order valence-corrected chi connectivity index (χ3v) is 4.74. The highest BCUT2D eigenvalue weighted by Gasteiger charge is 2.07. The van der Waals surface area contributed by atoms with Crippen molar-refractivity contribution in [2.45, 2.75) is 57.3 Å². The summed E-state index contributed by atoms with van der Waals surface area (Å²) in [7, 11) is -0.866. The minimum Gasteiger partial charge on any atom is -0.399 e. The number of unbranched alkanes of at least 4 members (excludes halogenated alkanes) is 5. The zero-order valence-electron chi connectivity index (χ0n) is 11.6. The van der Waals surface area contributed by atoms with Crippen molar-refractivity contribution in [1.82, 2.24) is 0 Å². The van der Waals surface area contributed by atoms with Gasteiger partial charge in [0.05, 0.1) is 10.8 Å². The molecule has 1 atom stereocenters. The largest absolute Gasteiger partial charge is 0.399 e. The molecule has 1 aromatic carbocycles. The van der Waals surface area contributed by atoms with Crippen LogP contribution in [0.25, 0.3) is 0 Å². The summed E-state index contributed by atoms with van der Waals surface area (Å²) in [6.07, 6.45) is 7.42. The Morgan fingerprint density at radius 3 is 2.44 bits per heavy atom. The Kier molecular flexibility index (Phi) is 7.02. The molecule has 0 bridgehead atoms. The summed E-state index contributed by atoms with van der Waals surface area (Å²) in [6, 6.07) is 5.63. The number of anilines is 1. The van der Waals surface area contributed by atoms with E-state index >= 15 is 0 Å². The summed E-state index contributed by atoms with van der Waals surface area (Å²) in [6.45, 7) is 4.20. The van der Waals surface area contributed by atoms with Gasteiger partial charge in [-0.2, -0.15) is 0 Å². The normalized spacial score (nSPS) is 12.6. The summed E-state index contributed by atoms with van der Waals surface area (Å²) in [5.74, 6) is 0.775. The van der Waals surface area contributed by atoms with Crippen LogP contribution in [0, 0.1) is 6.92 Å². The maximum absolute atomic E-state index is 12.1. The predicted octanol–water partition coefficient (Wildman–Crippen LogP) is 4.05. The van der Waals surface area contributed by atoms with Gasteiger partial charge in [-0.05, 0) is 37.1 Å². The summed E-state index contributed by atoms with van der Waals surface area (Å²) in [5, 5.41) is 0. The molecule has 0 aromatic heterocycles. The Balaban J connectivity index is 2.32. The fourth-order valence-electron chi connectivity index (χ4n) is 2.05. The lowest BCUT2D eigenvalue weighted by Crippen LogP contribution is -2.01. The molecule has 0 amide bonds. The molecule has 2 nitrogen and oxygen atoms in total. The molecule has 3 heteroatoms. The van der Waals surface area contributed by atoms with Crippen LogP contribution in [0.1, 0.15) is 51.0 Å². The quantitative estimate of drug-likeness (QED) is 0.570. The van der Waals surface area contributed by atoms with E-state index in [2.05, 4.69) is 6.92 Å². The van der Waals surface area contributed by atoms with Gasteiger partial charge >= 0.3 is 0 Å². The first-order valence-corrected chi connectivity index (χ1v) is 8.21. The van der Waals surface area contributed by atoms with Gasteiger partial charge in [-0.3, -0.25) is 4.21 Å². The van der Waals surface area contributed by atoms with E-state index < -0.39 is 10.8 Å². The summed E-state index contributed by atoms with van der Waals surface area (Å²) < 4.78 is 12.1. The molecule has 0 aliphatic carbocycles. The maximum Gasteiger partial charge on any atom is 0.0532 e. The predicted molar refractivity (Wildman–Crippen MR) is 80.2 cm³/mol. The number of nitrogen functional groups attached to an aromatic ring is 1. The zero-order chi connectivity index (χ0) is 13.4. The van der Waals surface area contributed by atoms with Gasteiger partial charge in [0.25, 0.3) is 0 Å². The van der Waals surface area contributed by atoms with Gasteiger partial charge in [0.15, 0.2) is 0 Å². The average molecular weight is 267 g/mol. The third kappa shape index (κ3) is 5.21. The smallest absolute Gasteiger partial charge is 0.0532 e. The van der Waals surface area contributed by atoms with E-state index in [1.54, 1.807) is 0 Å². The summed E-state index contributed by atoms with van der Waals surface area (Å²) in [4.78, 5) is 0.942. The Hall–Kier alpha value is -0.830. The highest BCUT2D eigenvalue weighted by molar-refractivity contribution is 7.85. The van der Waals surface area contributed by atoms with Gasteiger partial charge in [-0.25, -0.2) is 0 Å². The van der Waals surface area contributed by atoms with Gasteiger partial charge in [0, 0.05) is 16.3 Å². The molecule has 1 rings (SSSR count). The van der Waals surface area contributed by atoms with Crippen LogP contribution < -0.4 is 5.73 Å². The zero-order valence-corrected chi connectivity index (χ0v) is 12.4. The van der Waals surface area contributed by atoms with Crippen LogP contribution in [0.4, 0.5) is 5.69 Å². The summed E-state index contributed by atoms with van der Waals surface area (Å²) >= 11 is 0. The highest BCUT2D eigenvalue weighted by Crippen LogP contribution is 2.17. The number of rotatable bonds is 8. The molecule has 0 aliphatic heterocycles. The van der Waals surface area contributed by atoms with Crippen molar-refractivity contribution < 1.29 is 4.21 Å². The molecule has 0 radical (unpaired) electrons. The number of hydrogen-bond donors (Lipinski definition) is 1. The maximum atomic E-state index is 12.1. The van der Waals surface area contributed by atoms with Crippen LogP contribution in [-0.2, 0) is 10.8 Å². The van der Waals surface area contributed by atoms with Crippen LogP contribution in [-0.4, -0.2) is 9.96 Å². The van der Waals surface area contributed by atoms with Gasteiger partial charge in [0.1, 0.15) is 0 Å². The van der Waals surface area contributed by atoms with Crippen molar-refractivity contribution in [2.24, 2.45) is 0 Å². The minimum absolute atomic E-state index is 0.743. The van der Waals surface area contributed by atoms with E-state index in [0.717, 1.165) is 28.3 Å². The fraction of sp³-hybridized carbons (Fsp3) is 0.600. The lowest BCUT2D eigenvalue weighted by atomic mass is 10.1. The first-order valence-electron chi connectivity index (χ1n) is 6.89. The minimum atomic E-state index is -0.866. The van der Waals surface area contributed by atoms with E-state index in [1.807, 2.05) is 25.1 Å². The standard InChI is InChI=1S/C15H25NOS/c1-3-4-5-6-7-8-11-18(17)15-10-9-14(16)12-13(15)2/h9-10,12H,3-8,11,16H2,1-2H3. The second-order valence-corrected chi connectivity index (χ2v) is 6.38. The second kappa shape index (κ2) is 8.30. The van der Waals surface area contributed by atoms with Crippen molar-refractivity contribution in [3.05, 3.63) is 23.8 Å². The van der Waals surface area contributed by atoms with E-state index in [0.29, 0.717) is 0 Å². The molecule has 0 aliphatic rings. The summed E-state index contributed by atoms with van der Waals surface area (Å²) in [5.41, 5.74) is 7.48. The Bertz CT molecular complexity index is 390. The third-order valence-electron chi connectivity index (χ3n) is 3.13. The second-order valence-electron chi connectivity index (χ2n) is 4.84. The van der Waals surface area contributed by atoms with Crippen molar-refractivity contribution in [3.8, 4) is 0 Å².